The average Bonchev–Trinajstić information content (AvgIpc) is 2.03. The molecule has 0 aliphatic carbocycles. The van der Waals surface area contributed by atoms with Crippen LogP contribution in [0.3, 0.4) is 0 Å². The van der Waals surface area contributed by atoms with Crippen LogP contribution >= 0.6 is 0 Å². The van der Waals surface area contributed by atoms with Crippen LogP contribution in [0, 0.1) is 24.1 Å². The first-order valence-corrected chi connectivity index (χ1v) is 3.50. The topological polar surface area (TPSA) is 23.8 Å². The van der Waals surface area contributed by atoms with Crippen molar-refractivity contribution in [2.45, 2.75) is 6.92 Å². The van der Waals surface area contributed by atoms with Crippen molar-refractivity contribution in [1.29, 1.82) is 5.26 Å². The fourth-order valence-corrected chi connectivity index (χ4v) is 1.03. The third-order valence-corrected chi connectivity index (χ3v) is 1.65. The van der Waals surface area contributed by atoms with Gasteiger partial charge in [-0.25, -0.2) is 4.39 Å². The van der Waals surface area contributed by atoms with Gasteiger partial charge in [0.25, 0.3) is 0 Å². The lowest BCUT2D eigenvalue weighted by Crippen LogP contribution is -1.86. The third kappa shape index (κ3) is 1.51. The quantitative estimate of drug-likeness (QED) is 0.581. The minimum atomic E-state index is -0.290. The summed E-state index contributed by atoms with van der Waals surface area (Å²) in [5.41, 5.74) is 1.81. The standard InChI is InChI=1S/C10H8FN/c1-7-5-9(11)3-4-10(7)8(2)6-12/h3-5H,2H2,1H3. The Bertz CT molecular complexity index is 361. The van der Waals surface area contributed by atoms with E-state index >= 15 is 0 Å². The number of halogens is 1. The zero-order chi connectivity index (χ0) is 9.14. The zero-order valence-corrected chi connectivity index (χ0v) is 6.76. The van der Waals surface area contributed by atoms with Crippen molar-refractivity contribution in [3.63, 3.8) is 0 Å². The van der Waals surface area contributed by atoms with Gasteiger partial charge in [0, 0.05) is 0 Å². The monoisotopic (exact) mass is 161 g/mol. The predicted molar refractivity (Wildman–Crippen MR) is 45.8 cm³/mol. The van der Waals surface area contributed by atoms with Gasteiger partial charge < -0.3 is 0 Å². The minimum absolute atomic E-state index is 0.290. The first-order chi connectivity index (χ1) is 5.65. The molecule has 0 saturated heterocycles. The smallest absolute Gasteiger partial charge is 0.123 e. The number of allylic oxidation sites excluding steroid dienone is 1. The maximum Gasteiger partial charge on any atom is 0.123 e. The zero-order valence-electron chi connectivity index (χ0n) is 6.76. The Hall–Kier alpha value is -1.62. The summed E-state index contributed by atoms with van der Waals surface area (Å²) in [7, 11) is 0. The van der Waals surface area contributed by atoms with Crippen molar-refractivity contribution in [1.82, 2.24) is 0 Å². The molecule has 12 heavy (non-hydrogen) atoms. The Balaban J connectivity index is 3.20. The van der Waals surface area contributed by atoms with Crippen molar-refractivity contribution >= 4 is 5.57 Å². The number of hydrogen-bond acceptors (Lipinski definition) is 1. The van der Waals surface area contributed by atoms with Crippen LogP contribution < -0.4 is 0 Å². The van der Waals surface area contributed by atoms with Gasteiger partial charge in [0.15, 0.2) is 0 Å². The second-order valence-electron chi connectivity index (χ2n) is 2.55. The number of aryl methyl sites for hydroxylation is 1. The van der Waals surface area contributed by atoms with E-state index in [-0.39, 0.29) is 5.82 Å². The van der Waals surface area contributed by atoms with Gasteiger partial charge in [-0.05, 0) is 30.2 Å². The molecule has 0 N–H and O–H groups in total. The number of hydrogen-bond donors (Lipinski definition) is 0. The lowest BCUT2D eigenvalue weighted by molar-refractivity contribution is 0.626. The molecule has 0 aliphatic rings. The Morgan fingerprint density at radius 1 is 1.58 bits per heavy atom. The van der Waals surface area contributed by atoms with Gasteiger partial charge in [0.1, 0.15) is 5.82 Å². The summed E-state index contributed by atoms with van der Waals surface area (Å²) in [4.78, 5) is 0. The Labute approximate surface area is 70.8 Å². The van der Waals surface area contributed by atoms with Crippen LogP contribution in [-0.4, -0.2) is 0 Å². The second kappa shape index (κ2) is 3.19. The van der Waals surface area contributed by atoms with Crippen LogP contribution in [0.4, 0.5) is 4.39 Å². The normalized spacial score (nSPS) is 9.08. The molecule has 0 fully saturated rings. The summed E-state index contributed by atoms with van der Waals surface area (Å²) in [5.74, 6) is -0.290. The molecule has 0 atom stereocenters. The van der Waals surface area contributed by atoms with Crippen molar-refractivity contribution in [2.24, 2.45) is 0 Å². The molecule has 0 spiro atoms. The van der Waals surface area contributed by atoms with E-state index in [1.54, 1.807) is 13.0 Å². The minimum Gasteiger partial charge on any atom is -0.207 e. The summed E-state index contributed by atoms with van der Waals surface area (Å²) in [5, 5.41) is 8.54. The van der Waals surface area contributed by atoms with Gasteiger partial charge in [-0.3, -0.25) is 0 Å². The number of nitrogens with zero attached hydrogens (tertiary/aromatic N) is 1. The molecule has 0 heterocycles. The van der Waals surface area contributed by atoms with E-state index in [1.807, 2.05) is 6.07 Å². The molecule has 0 unspecified atom stereocenters. The molecule has 0 aliphatic heterocycles. The SMILES string of the molecule is C=C(C#N)c1ccc(F)cc1C. The molecule has 1 nitrogen and oxygen atoms in total. The van der Waals surface area contributed by atoms with Crippen LogP contribution in [-0.2, 0) is 0 Å². The lowest BCUT2D eigenvalue weighted by atomic mass is 10.0. The van der Waals surface area contributed by atoms with Crippen molar-refractivity contribution in [3.8, 4) is 6.07 Å². The summed E-state index contributed by atoms with van der Waals surface area (Å²) >= 11 is 0. The molecule has 1 rings (SSSR count). The summed E-state index contributed by atoms with van der Waals surface area (Å²) in [6, 6.07) is 6.20. The van der Waals surface area contributed by atoms with Gasteiger partial charge in [-0.1, -0.05) is 12.6 Å². The van der Waals surface area contributed by atoms with E-state index in [0.29, 0.717) is 11.1 Å². The summed E-state index contributed by atoms with van der Waals surface area (Å²) in [6.45, 7) is 5.30. The third-order valence-electron chi connectivity index (χ3n) is 1.65. The molecule has 0 amide bonds. The predicted octanol–water partition coefficient (Wildman–Crippen LogP) is 2.67. The van der Waals surface area contributed by atoms with E-state index in [0.717, 1.165) is 5.56 Å². The van der Waals surface area contributed by atoms with Gasteiger partial charge in [0.05, 0.1) is 11.6 Å². The molecule has 60 valence electrons. The van der Waals surface area contributed by atoms with Crippen LogP contribution in [0.1, 0.15) is 11.1 Å². The van der Waals surface area contributed by atoms with E-state index in [9.17, 15) is 4.39 Å². The fraction of sp³-hybridized carbons (Fsp3) is 0.100. The maximum atomic E-state index is 12.6. The molecule has 0 radical (unpaired) electrons. The van der Waals surface area contributed by atoms with Crippen LogP contribution in [0.25, 0.3) is 5.57 Å². The van der Waals surface area contributed by atoms with E-state index in [1.165, 1.54) is 12.1 Å². The highest BCUT2D eigenvalue weighted by Gasteiger charge is 2.02. The number of benzene rings is 1. The second-order valence-corrected chi connectivity index (χ2v) is 2.55. The molecule has 1 aromatic rings. The molecule has 1 aromatic carbocycles. The maximum absolute atomic E-state index is 12.6. The highest BCUT2D eigenvalue weighted by Crippen LogP contribution is 2.17. The van der Waals surface area contributed by atoms with Crippen LogP contribution in [0.5, 0.6) is 0 Å². The van der Waals surface area contributed by atoms with Crippen molar-refractivity contribution in [3.05, 3.63) is 41.7 Å². The van der Waals surface area contributed by atoms with Crippen molar-refractivity contribution < 1.29 is 4.39 Å². The molecule has 0 aromatic heterocycles. The highest BCUT2D eigenvalue weighted by molar-refractivity contribution is 5.76. The molecule has 2 heteroatoms. The summed E-state index contributed by atoms with van der Waals surface area (Å²) < 4.78 is 12.6. The van der Waals surface area contributed by atoms with Crippen LogP contribution in [0.2, 0.25) is 0 Å². The first kappa shape index (κ1) is 8.48. The highest BCUT2D eigenvalue weighted by atomic mass is 19.1. The number of rotatable bonds is 1. The molecule has 0 bridgehead atoms. The fourth-order valence-electron chi connectivity index (χ4n) is 1.03. The molecule has 0 saturated carbocycles. The molecular formula is C10H8FN. The van der Waals surface area contributed by atoms with E-state index < -0.39 is 0 Å². The Kier molecular flexibility index (Phi) is 2.25. The summed E-state index contributed by atoms with van der Waals surface area (Å²) in [6.07, 6.45) is 0. The van der Waals surface area contributed by atoms with E-state index in [2.05, 4.69) is 6.58 Å². The van der Waals surface area contributed by atoms with Gasteiger partial charge in [-0.2, -0.15) is 5.26 Å². The van der Waals surface area contributed by atoms with Crippen molar-refractivity contribution in [2.75, 3.05) is 0 Å². The van der Waals surface area contributed by atoms with Gasteiger partial charge >= 0.3 is 0 Å². The largest absolute Gasteiger partial charge is 0.207 e. The average molecular weight is 161 g/mol. The lowest BCUT2D eigenvalue weighted by Gasteiger charge is -2.01. The number of nitriles is 1. The Morgan fingerprint density at radius 3 is 2.75 bits per heavy atom. The molecular weight excluding hydrogens is 153 g/mol. The Morgan fingerprint density at radius 2 is 2.25 bits per heavy atom. The van der Waals surface area contributed by atoms with Gasteiger partial charge in [-0.15, -0.1) is 0 Å². The van der Waals surface area contributed by atoms with E-state index in [4.69, 9.17) is 5.26 Å². The first-order valence-electron chi connectivity index (χ1n) is 3.50. The van der Waals surface area contributed by atoms with Crippen LogP contribution in [0.15, 0.2) is 24.8 Å². The van der Waals surface area contributed by atoms with Gasteiger partial charge in [0.2, 0.25) is 0 Å².